The molecule has 3 aromatic rings. The number of benzene rings is 2. The molecule has 0 unspecified atom stereocenters. The van der Waals surface area contributed by atoms with E-state index >= 15 is 0 Å². The molecule has 0 aliphatic heterocycles. The van der Waals surface area contributed by atoms with Gasteiger partial charge in [-0.05, 0) is 60.2 Å². The van der Waals surface area contributed by atoms with E-state index in [1.165, 1.54) is 0 Å². The predicted octanol–water partition coefficient (Wildman–Crippen LogP) is 5.41. The van der Waals surface area contributed by atoms with Gasteiger partial charge in [-0.25, -0.2) is 4.98 Å². The number of hydrogen-bond acceptors (Lipinski definition) is 4. The van der Waals surface area contributed by atoms with E-state index in [1.807, 2.05) is 80.6 Å². The number of carbonyl (C=O) groups is 1. The third kappa shape index (κ3) is 8.34. The number of aliphatic carboxylic acids is 1. The van der Waals surface area contributed by atoms with Crippen LogP contribution in [-0.4, -0.2) is 29.2 Å². The molecule has 0 saturated carbocycles. The Hall–Kier alpha value is -3.78. The summed E-state index contributed by atoms with van der Waals surface area (Å²) in [6.07, 6.45) is 3.30. The monoisotopic (exact) mass is 442 g/mol. The second kappa shape index (κ2) is 11.7. The maximum Gasteiger partial charge on any atom is 0.303 e. The molecule has 0 radical (unpaired) electrons. The Kier molecular flexibility index (Phi) is 8.49. The maximum absolute atomic E-state index is 11.3. The average Bonchev–Trinajstić information content (AvgIpc) is 2.79. The molecular formula is C28H30N2O3. The van der Waals surface area contributed by atoms with Crippen LogP contribution in [0.4, 0.5) is 5.82 Å². The van der Waals surface area contributed by atoms with E-state index in [1.54, 1.807) is 6.20 Å². The van der Waals surface area contributed by atoms with Crippen molar-refractivity contribution in [2.24, 2.45) is 5.41 Å². The number of nitrogens with zero attached hydrogens (tertiary/aromatic N) is 1. The molecule has 1 heterocycles. The van der Waals surface area contributed by atoms with Crippen LogP contribution in [0.15, 0.2) is 72.9 Å². The zero-order valence-corrected chi connectivity index (χ0v) is 19.2. The van der Waals surface area contributed by atoms with Crippen LogP contribution in [0.2, 0.25) is 0 Å². The van der Waals surface area contributed by atoms with E-state index in [2.05, 4.69) is 22.1 Å². The Bertz CT molecular complexity index is 1100. The fourth-order valence-electron chi connectivity index (χ4n) is 3.51. The van der Waals surface area contributed by atoms with Gasteiger partial charge in [0.2, 0.25) is 0 Å². The summed E-state index contributed by atoms with van der Waals surface area (Å²) < 4.78 is 5.96. The second-order valence-electron chi connectivity index (χ2n) is 8.69. The van der Waals surface area contributed by atoms with Crippen molar-refractivity contribution in [2.45, 2.75) is 33.1 Å². The molecule has 0 bridgehead atoms. The summed E-state index contributed by atoms with van der Waals surface area (Å²) in [5.41, 5.74) is 2.43. The van der Waals surface area contributed by atoms with E-state index in [4.69, 9.17) is 4.74 Å². The average molecular weight is 443 g/mol. The number of anilines is 1. The molecule has 1 aromatic heterocycles. The molecule has 0 aliphatic carbocycles. The SMILES string of the molecule is CC(C)(CC(=O)O)Cc1ccc(OCCCNc2ccccn2)cc1C#Cc1ccccc1. The lowest BCUT2D eigenvalue weighted by atomic mass is 9.81. The molecule has 33 heavy (non-hydrogen) atoms. The molecule has 170 valence electrons. The first kappa shape index (κ1) is 23.9. The van der Waals surface area contributed by atoms with E-state index in [0.29, 0.717) is 13.0 Å². The van der Waals surface area contributed by atoms with Crippen LogP contribution >= 0.6 is 0 Å². The number of aromatic nitrogens is 1. The normalized spacial score (nSPS) is 10.7. The fourth-order valence-corrected chi connectivity index (χ4v) is 3.51. The van der Waals surface area contributed by atoms with Crippen LogP contribution in [0.1, 0.15) is 43.4 Å². The summed E-state index contributed by atoms with van der Waals surface area (Å²) in [5.74, 6) is 7.29. The first-order valence-electron chi connectivity index (χ1n) is 11.1. The topological polar surface area (TPSA) is 71.5 Å². The van der Waals surface area contributed by atoms with Crippen LogP contribution < -0.4 is 10.1 Å². The minimum absolute atomic E-state index is 0.0973. The van der Waals surface area contributed by atoms with Gasteiger partial charge >= 0.3 is 5.97 Å². The first-order valence-corrected chi connectivity index (χ1v) is 11.1. The van der Waals surface area contributed by atoms with Crippen molar-refractivity contribution in [3.8, 4) is 17.6 Å². The van der Waals surface area contributed by atoms with Gasteiger partial charge in [0.05, 0.1) is 13.0 Å². The van der Waals surface area contributed by atoms with Crippen LogP contribution in [0.5, 0.6) is 5.75 Å². The molecule has 0 saturated heterocycles. The summed E-state index contributed by atoms with van der Waals surface area (Å²) >= 11 is 0. The molecule has 0 atom stereocenters. The van der Waals surface area contributed by atoms with Gasteiger partial charge in [-0.3, -0.25) is 4.79 Å². The van der Waals surface area contributed by atoms with Gasteiger partial charge in [-0.2, -0.15) is 0 Å². The van der Waals surface area contributed by atoms with Crippen molar-refractivity contribution in [3.05, 3.63) is 89.6 Å². The number of carboxylic acid groups (broad SMARTS) is 1. The highest BCUT2D eigenvalue weighted by Crippen LogP contribution is 2.29. The zero-order valence-electron chi connectivity index (χ0n) is 19.2. The Morgan fingerprint density at radius 2 is 1.85 bits per heavy atom. The molecule has 5 heteroatoms. The molecule has 2 aromatic carbocycles. The largest absolute Gasteiger partial charge is 0.493 e. The van der Waals surface area contributed by atoms with E-state index in [0.717, 1.165) is 41.2 Å². The van der Waals surface area contributed by atoms with E-state index in [9.17, 15) is 9.90 Å². The van der Waals surface area contributed by atoms with Crippen LogP contribution in [-0.2, 0) is 11.2 Å². The highest BCUT2D eigenvalue weighted by molar-refractivity contribution is 5.67. The molecule has 0 amide bonds. The number of hydrogen-bond donors (Lipinski definition) is 2. The third-order valence-electron chi connectivity index (χ3n) is 5.06. The lowest BCUT2D eigenvalue weighted by Crippen LogP contribution is -2.20. The van der Waals surface area contributed by atoms with Crippen molar-refractivity contribution in [1.82, 2.24) is 4.98 Å². The molecular weight excluding hydrogens is 412 g/mol. The van der Waals surface area contributed by atoms with Gasteiger partial charge in [-0.1, -0.05) is 56.0 Å². The van der Waals surface area contributed by atoms with Gasteiger partial charge in [0.15, 0.2) is 0 Å². The Morgan fingerprint density at radius 3 is 2.58 bits per heavy atom. The fraction of sp³-hybridized carbons (Fsp3) is 0.286. The van der Waals surface area contributed by atoms with Gasteiger partial charge in [-0.15, -0.1) is 0 Å². The lowest BCUT2D eigenvalue weighted by Gasteiger charge is -2.23. The molecule has 0 spiro atoms. The summed E-state index contributed by atoms with van der Waals surface area (Å²) in [5, 5.41) is 12.5. The molecule has 2 N–H and O–H groups in total. The van der Waals surface area contributed by atoms with Crippen molar-refractivity contribution >= 4 is 11.8 Å². The van der Waals surface area contributed by atoms with Crippen LogP contribution in [0.3, 0.4) is 0 Å². The lowest BCUT2D eigenvalue weighted by molar-refractivity contribution is -0.139. The highest BCUT2D eigenvalue weighted by atomic mass is 16.5. The summed E-state index contributed by atoms with van der Waals surface area (Å²) in [6, 6.07) is 21.5. The number of nitrogens with one attached hydrogen (secondary N) is 1. The van der Waals surface area contributed by atoms with Gasteiger partial charge < -0.3 is 15.2 Å². The number of pyridine rings is 1. The molecule has 5 nitrogen and oxygen atoms in total. The van der Waals surface area contributed by atoms with Crippen LogP contribution in [0, 0.1) is 17.3 Å². The molecule has 0 aliphatic rings. The van der Waals surface area contributed by atoms with Crippen LogP contribution in [0.25, 0.3) is 0 Å². The Labute approximate surface area is 195 Å². The standard InChI is InChI=1S/C28H30N2O3/c1-28(2,21-27(31)32)20-24-14-15-25(19-23(24)13-12-22-9-4-3-5-10-22)33-18-8-17-30-26-11-6-7-16-29-26/h3-7,9-11,14-16,19H,8,17-18,20-21H2,1-2H3,(H,29,30)(H,31,32). The van der Waals surface area contributed by atoms with Gasteiger partial charge in [0, 0.05) is 23.9 Å². The predicted molar refractivity (Wildman–Crippen MR) is 131 cm³/mol. The summed E-state index contributed by atoms with van der Waals surface area (Å²) in [4.78, 5) is 15.5. The van der Waals surface area contributed by atoms with E-state index in [-0.39, 0.29) is 11.8 Å². The number of carboxylic acids is 1. The smallest absolute Gasteiger partial charge is 0.303 e. The maximum atomic E-state index is 11.3. The zero-order chi connectivity index (χ0) is 23.5. The van der Waals surface area contributed by atoms with Crippen molar-refractivity contribution in [3.63, 3.8) is 0 Å². The van der Waals surface area contributed by atoms with E-state index < -0.39 is 5.97 Å². The van der Waals surface area contributed by atoms with Gasteiger partial charge in [0.25, 0.3) is 0 Å². The first-order chi connectivity index (χ1) is 15.9. The number of ether oxygens (including phenoxy) is 1. The van der Waals surface area contributed by atoms with Crippen molar-refractivity contribution in [2.75, 3.05) is 18.5 Å². The number of rotatable bonds is 10. The van der Waals surface area contributed by atoms with Crippen molar-refractivity contribution in [1.29, 1.82) is 0 Å². The highest BCUT2D eigenvalue weighted by Gasteiger charge is 2.23. The Morgan fingerprint density at radius 1 is 1.06 bits per heavy atom. The second-order valence-corrected chi connectivity index (χ2v) is 8.69. The quantitative estimate of drug-likeness (QED) is 0.325. The third-order valence-corrected chi connectivity index (χ3v) is 5.06. The molecule has 0 fully saturated rings. The van der Waals surface area contributed by atoms with Crippen molar-refractivity contribution < 1.29 is 14.6 Å². The Balaban J connectivity index is 1.69. The van der Waals surface area contributed by atoms with Gasteiger partial charge in [0.1, 0.15) is 11.6 Å². The summed E-state index contributed by atoms with van der Waals surface area (Å²) in [7, 11) is 0. The minimum atomic E-state index is -0.795. The minimum Gasteiger partial charge on any atom is -0.493 e. The molecule has 3 rings (SSSR count). The summed E-state index contributed by atoms with van der Waals surface area (Å²) in [6.45, 7) is 5.26.